The van der Waals surface area contributed by atoms with Crippen molar-refractivity contribution >= 4 is 12.1 Å². The summed E-state index contributed by atoms with van der Waals surface area (Å²) < 4.78 is 18.8. The molecule has 0 unspecified atom stereocenters. The predicted molar refractivity (Wildman–Crippen MR) is 126 cm³/mol. The van der Waals surface area contributed by atoms with Gasteiger partial charge in [0.15, 0.2) is 0 Å². The molecule has 2 atom stereocenters. The summed E-state index contributed by atoms with van der Waals surface area (Å²) in [6.07, 6.45) is 6.01. The number of urea groups is 1. The molecule has 1 saturated carbocycles. The summed E-state index contributed by atoms with van der Waals surface area (Å²) in [6, 6.07) is 21.2. The first kappa shape index (κ1) is 21.2. The van der Waals surface area contributed by atoms with E-state index in [1.54, 1.807) is 0 Å². The van der Waals surface area contributed by atoms with Crippen LogP contribution in [0.15, 0.2) is 78.5 Å². The van der Waals surface area contributed by atoms with Crippen molar-refractivity contribution in [2.75, 3.05) is 13.1 Å². The first-order valence-corrected chi connectivity index (χ1v) is 11.3. The quantitative estimate of drug-likeness (QED) is 0.546. The van der Waals surface area contributed by atoms with Crippen molar-refractivity contribution in [1.29, 1.82) is 0 Å². The van der Waals surface area contributed by atoms with Crippen LogP contribution in [0.5, 0.6) is 11.6 Å². The molecule has 5 nitrogen and oxygen atoms in total. The summed E-state index contributed by atoms with van der Waals surface area (Å²) in [6.45, 7) is 1.44. The lowest BCUT2D eigenvalue weighted by atomic mass is 10.0. The number of rotatable bonds is 5. The number of nitrogens with zero attached hydrogens (tertiary/aromatic N) is 2. The molecule has 1 saturated heterocycles. The van der Waals surface area contributed by atoms with Crippen molar-refractivity contribution < 1.29 is 13.9 Å². The molecule has 33 heavy (non-hydrogen) atoms. The Morgan fingerprint density at radius 2 is 1.88 bits per heavy atom. The molecule has 1 N–H and O–H groups in total. The fourth-order valence-corrected chi connectivity index (χ4v) is 4.26. The fraction of sp³-hybridized carbons (Fsp3) is 0.259. The lowest BCUT2D eigenvalue weighted by Crippen LogP contribution is -2.44. The van der Waals surface area contributed by atoms with Crippen LogP contribution in [-0.4, -0.2) is 35.0 Å². The summed E-state index contributed by atoms with van der Waals surface area (Å²) in [5.41, 5.74) is 3.64. The van der Waals surface area contributed by atoms with Gasteiger partial charge >= 0.3 is 6.03 Å². The molecule has 2 fully saturated rings. The van der Waals surface area contributed by atoms with E-state index in [0.717, 1.165) is 44.1 Å². The number of benzene rings is 2. The highest BCUT2D eigenvalue weighted by atomic mass is 19.1. The number of amides is 2. The van der Waals surface area contributed by atoms with E-state index < -0.39 is 5.82 Å². The molecule has 1 aromatic heterocycles. The second-order valence-corrected chi connectivity index (χ2v) is 8.59. The smallest absolute Gasteiger partial charge is 0.317 e. The highest BCUT2D eigenvalue weighted by molar-refractivity contribution is 5.75. The molecule has 6 heteroatoms. The Hall–Kier alpha value is -3.67. The van der Waals surface area contributed by atoms with E-state index in [1.807, 2.05) is 47.4 Å². The SMILES string of the molecule is O=C(N[C@@H]1C[C@H]1c1ccccc1)N1CCC(=Cc2cccc(Oc3ccc(F)cn3)c2)CC1. The highest BCUT2D eigenvalue weighted by Crippen LogP contribution is 2.40. The van der Waals surface area contributed by atoms with Crippen molar-refractivity contribution in [1.82, 2.24) is 15.2 Å². The first-order valence-electron chi connectivity index (χ1n) is 11.3. The van der Waals surface area contributed by atoms with Gasteiger partial charge in [-0.2, -0.15) is 0 Å². The van der Waals surface area contributed by atoms with Crippen LogP contribution >= 0.6 is 0 Å². The molecular formula is C27H26FN3O2. The van der Waals surface area contributed by atoms with Crippen molar-refractivity contribution in [3.05, 3.63) is 95.4 Å². The number of halogens is 1. The minimum absolute atomic E-state index is 0.0414. The number of carbonyl (C=O) groups excluding carboxylic acids is 1. The fourth-order valence-electron chi connectivity index (χ4n) is 4.26. The zero-order valence-corrected chi connectivity index (χ0v) is 18.3. The molecule has 2 aliphatic rings. The van der Waals surface area contributed by atoms with Gasteiger partial charge in [-0.1, -0.05) is 54.1 Å². The van der Waals surface area contributed by atoms with E-state index in [2.05, 4.69) is 28.5 Å². The van der Waals surface area contributed by atoms with E-state index in [9.17, 15) is 9.18 Å². The summed E-state index contributed by atoms with van der Waals surface area (Å²) >= 11 is 0. The first-order chi connectivity index (χ1) is 16.1. The third-order valence-electron chi connectivity index (χ3n) is 6.17. The maximum absolute atomic E-state index is 13.0. The molecule has 1 aliphatic heterocycles. The van der Waals surface area contributed by atoms with Crippen LogP contribution in [0.4, 0.5) is 9.18 Å². The molecule has 168 valence electrons. The normalized spacial score (nSPS) is 19.7. The molecule has 2 amide bonds. The van der Waals surface area contributed by atoms with Crippen molar-refractivity contribution in [2.45, 2.75) is 31.2 Å². The van der Waals surface area contributed by atoms with Gasteiger partial charge in [-0.3, -0.25) is 0 Å². The zero-order chi connectivity index (χ0) is 22.6. The van der Waals surface area contributed by atoms with Gasteiger partial charge in [0.1, 0.15) is 11.6 Å². The number of carbonyl (C=O) groups is 1. The Kier molecular flexibility index (Phi) is 6.07. The monoisotopic (exact) mass is 443 g/mol. The Balaban J connectivity index is 1.13. The minimum atomic E-state index is -0.394. The van der Waals surface area contributed by atoms with Crippen LogP contribution in [0.2, 0.25) is 0 Å². The van der Waals surface area contributed by atoms with Crippen LogP contribution < -0.4 is 10.1 Å². The van der Waals surface area contributed by atoms with Crippen LogP contribution in [-0.2, 0) is 0 Å². The molecule has 2 aromatic carbocycles. The third-order valence-corrected chi connectivity index (χ3v) is 6.17. The number of hydrogen-bond donors (Lipinski definition) is 1. The topological polar surface area (TPSA) is 54.5 Å². The molecule has 0 radical (unpaired) electrons. The van der Waals surface area contributed by atoms with Crippen molar-refractivity contribution in [2.24, 2.45) is 0 Å². The second kappa shape index (κ2) is 9.45. The molecule has 5 rings (SSSR count). The van der Waals surface area contributed by atoms with Gasteiger partial charge in [0.25, 0.3) is 0 Å². The average molecular weight is 444 g/mol. The van der Waals surface area contributed by atoms with E-state index in [4.69, 9.17) is 4.74 Å². The molecule has 3 aromatic rings. The lowest BCUT2D eigenvalue weighted by molar-refractivity contribution is 0.193. The number of likely N-dealkylation sites (tertiary alicyclic amines) is 1. The zero-order valence-electron chi connectivity index (χ0n) is 18.3. The Labute approximate surface area is 192 Å². The van der Waals surface area contributed by atoms with E-state index >= 15 is 0 Å². The number of piperidine rings is 1. The van der Waals surface area contributed by atoms with Crippen LogP contribution in [0.25, 0.3) is 6.08 Å². The summed E-state index contributed by atoms with van der Waals surface area (Å²) in [4.78, 5) is 18.5. The number of ether oxygens (including phenoxy) is 1. The maximum atomic E-state index is 13.0. The third kappa shape index (κ3) is 5.40. The Morgan fingerprint density at radius 3 is 2.64 bits per heavy atom. The predicted octanol–water partition coefficient (Wildman–Crippen LogP) is 5.76. The van der Waals surface area contributed by atoms with Gasteiger partial charge in [0.05, 0.1) is 6.20 Å². The highest BCUT2D eigenvalue weighted by Gasteiger charge is 2.40. The summed E-state index contributed by atoms with van der Waals surface area (Å²) in [7, 11) is 0. The van der Waals surface area contributed by atoms with Crippen LogP contribution in [0, 0.1) is 5.82 Å². The van der Waals surface area contributed by atoms with Gasteiger partial charge in [-0.15, -0.1) is 0 Å². The maximum Gasteiger partial charge on any atom is 0.317 e. The van der Waals surface area contributed by atoms with Crippen LogP contribution in [0.3, 0.4) is 0 Å². The van der Waals surface area contributed by atoms with Crippen molar-refractivity contribution in [3.8, 4) is 11.6 Å². The number of hydrogen-bond acceptors (Lipinski definition) is 3. The average Bonchev–Trinajstić information content (AvgIpc) is 3.61. The lowest BCUT2D eigenvalue weighted by Gasteiger charge is -2.28. The van der Waals surface area contributed by atoms with Gasteiger partial charge in [-0.25, -0.2) is 14.2 Å². The van der Waals surface area contributed by atoms with E-state index in [1.165, 1.54) is 23.3 Å². The van der Waals surface area contributed by atoms with Gasteiger partial charge in [0, 0.05) is 31.1 Å². The molecule has 0 spiro atoms. The molecular weight excluding hydrogens is 417 g/mol. The number of nitrogens with one attached hydrogen (secondary N) is 1. The minimum Gasteiger partial charge on any atom is -0.439 e. The summed E-state index contributed by atoms with van der Waals surface area (Å²) in [5, 5.41) is 3.19. The Bertz CT molecular complexity index is 1140. The van der Waals surface area contributed by atoms with E-state index in [-0.39, 0.29) is 12.1 Å². The van der Waals surface area contributed by atoms with Gasteiger partial charge in [-0.05, 0) is 48.6 Å². The molecule has 1 aliphatic carbocycles. The standard InChI is InChI=1S/C27H26FN3O2/c28-22-9-10-26(29-18-22)33-23-8-4-5-20(16-23)15-19-11-13-31(14-12-19)27(32)30-25-17-24(25)21-6-2-1-3-7-21/h1-10,15-16,18,24-25H,11-14,17H2,(H,30,32)/t24-,25+/m0/s1. The van der Waals surface area contributed by atoms with Gasteiger partial charge in [0.2, 0.25) is 5.88 Å². The second-order valence-electron chi connectivity index (χ2n) is 8.59. The van der Waals surface area contributed by atoms with Crippen LogP contribution in [0.1, 0.15) is 36.3 Å². The summed E-state index contributed by atoms with van der Waals surface area (Å²) in [5.74, 6) is 1.05. The van der Waals surface area contributed by atoms with E-state index in [0.29, 0.717) is 17.5 Å². The number of aromatic nitrogens is 1. The largest absolute Gasteiger partial charge is 0.439 e. The molecule has 0 bridgehead atoms. The van der Waals surface area contributed by atoms with Crippen molar-refractivity contribution in [3.63, 3.8) is 0 Å². The molecule has 2 heterocycles. The Morgan fingerprint density at radius 1 is 1.06 bits per heavy atom. The number of pyridine rings is 1. The van der Waals surface area contributed by atoms with Gasteiger partial charge < -0.3 is 15.0 Å².